The largest absolute Gasteiger partial charge is 0.480 e. The summed E-state index contributed by atoms with van der Waals surface area (Å²) >= 11 is 0. The lowest BCUT2D eigenvalue weighted by Gasteiger charge is -2.29. The summed E-state index contributed by atoms with van der Waals surface area (Å²) in [5, 5.41) is 22.9. The number of aliphatic carboxylic acids is 1. The SMILES string of the molecule is NC(=O)CC[C@H](NC(=O)[C@@H]1CCCN1C(=O)[C@H](CCC(N)=O)NC(=O)[C@@H](N)CO)C(=O)O. The van der Waals surface area contributed by atoms with E-state index in [-0.39, 0.29) is 38.6 Å². The zero-order chi connectivity index (χ0) is 24.4. The molecule has 10 N–H and O–H groups in total. The Bertz CT molecular complexity index is 745. The molecule has 1 heterocycles. The zero-order valence-corrected chi connectivity index (χ0v) is 17.5. The third kappa shape index (κ3) is 8.11. The molecule has 14 nitrogen and oxygen atoms in total. The van der Waals surface area contributed by atoms with Gasteiger partial charge in [-0.25, -0.2) is 4.79 Å². The van der Waals surface area contributed by atoms with Gasteiger partial charge in [-0.1, -0.05) is 0 Å². The lowest BCUT2D eigenvalue weighted by atomic mass is 10.1. The van der Waals surface area contributed by atoms with E-state index in [1.807, 2.05) is 0 Å². The van der Waals surface area contributed by atoms with E-state index < -0.39 is 66.3 Å². The molecule has 0 spiro atoms. The van der Waals surface area contributed by atoms with E-state index in [1.54, 1.807) is 0 Å². The molecule has 1 rings (SSSR count). The fraction of sp³-hybridized carbons (Fsp3) is 0.667. The quantitative estimate of drug-likeness (QED) is 0.141. The molecule has 0 radical (unpaired) electrons. The molecular formula is C18H30N6O8. The number of hydrogen-bond donors (Lipinski definition) is 7. The van der Waals surface area contributed by atoms with E-state index in [0.29, 0.717) is 6.42 Å². The highest BCUT2D eigenvalue weighted by Crippen LogP contribution is 2.20. The van der Waals surface area contributed by atoms with Crippen LogP contribution < -0.4 is 27.8 Å². The molecule has 0 saturated carbocycles. The maximum Gasteiger partial charge on any atom is 0.326 e. The Hall–Kier alpha value is -3.26. The third-order valence-electron chi connectivity index (χ3n) is 4.96. The number of aliphatic hydroxyl groups is 1. The molecule has 5 amide bonds. The van der Waals surface area contributed by atoms with E-state index >= 15 is 0 Å². The Morgan fingerprint density at radius 2 is 1.53 bits per heavy atom. The van der Waals surface area contributed by atoms with Crippen molar-refractivity contribution in [2.45, 2.75) is 62.7 Å². The van der Waals surface area contributed by atoms with Crippen LogP contribution in [-0.4, -0.2) is 87.9 Å². The van der Waals surface area contributed by atoms with Crippen molar-refractivity contribution in [2.75, 3.05) is 13.2 Å². The van der Waals surface area contributed by atoms with Gasteiger partial charge in [0.25, 0.3) is 0 Å². The molecule has 0 aromatic rings. The van der Waals surface area contributed by atoms with E-state index in [4.69, 9.17) is 22.3 Å². The van der Waals surface area contributed by atoms with Crippen molar-refractivity contribution < 1.29 is 39.0 Å². The second-order valence-electron chi connectivity index (χ2n) is 7.45. The predicted molar refractivity (Wildman–Crippen MR) is 108 cm³/mol. The van der Waals surface area contributed by atoms with Crippen molar-refractivity contribution in [1.82, 2.24) is 15.5 Å². The van der Waals surface area contributed by atoms with E-state index in [9.17, 15) is 33.9 Å². The third-order valence-corrected chi connectivity index (χ3v) is 4.96. The van der Waals surface area contributed by atoms with Gasteiger partial charge in [0.15, 0.2) is 0 Å². The number of carboxylic acids is 1. The summed E-state index contributed by atoms with van der Waals surface area (Å²) in [6, 6.07) is -4.91. The molecule has 180 valence electrons. The first-order chi connectivity index (χ1) is 15.0. The van der Waals surface area contributed by atoms with Gasteiger partial charge in [0.2, 0.25) is 29.5 Å². The van der Waals surface area contributed by atoms with Gasteiger partial charge in [-0.2, -0.15) is 0 Å². The van der Waals surface area contributed by atoms with Crippen LogP contribution in [-0.2, 0) is 28.8 Å². The van der Waals surface area contributed by atoms with Crippen LogP contribution in [0.1, 0.15) is 38.5 Å². The van der Waals surface area contributed by atoms with E-state index in [0.717, 1.165) is 0 Å². The monoisotopic (exact) mass is 458 g/mol. The highest BCUT2D eigenvalue weighted by molar-refractivity contribution is 5.94. The lowest BCUT2D eigenvalue weighted by molar-refractivity contribution is -0.145. The van der Waals surface area contributed by atoms with Gasteiger partial charge in [0.1, 0.15) is 24.2 Å². The van der Waals surface area contributed by atoms with Gasteiger partial charge in [-0.05, 0) is 25.7 Å². The van der Waals surface area contributed by atoms with Gasteiger partial charge in [-0.3, -0.25) is 24.0 Å². The molecule has 0 unspecified atom stereocenters. The lowest BCUT2D eigenvalue weighted by Crippen LogP contribution is -2.57. The molecule has 1 aliphatic heterocycles. The number of carboxylic acid groups (broad SMARTS) is 1. The number of aliphatic hydroxyl groups excluding tert-OH is 1. The molecule has 32 heavy (non-hydrogen) atoms. The van der Waals surface area contributed by atoms with Crippen LogP contribution in [0.25, 0.3) is 0 Å². The first-order valence-corrected chi connectivity index (χ1v) is 10.0. The number of amides is 5. The van der Waals surface area contributed by atoms with Crippen molar-refractivity contribution in [3.63, 3.8) is 0 Å². The van der Waals surface area contributed by atoms with Crippen LogP contribution in [0.15, 0.2) is 0 Å². The highest BCUT2D eigenvalue weighted by atomic mass is 16.4. The Balaban J connectivity index is 2.94. The molecule has 14 heteroatoms. The summed E-state index contributed by atoms with van der Waals surface area (Å²) in [6.07, 6.45) is -0.171. The Morgan fingerprint density at radius 1 is 0.969 bits per heavy atom. The number of carbonyl (C=O) groups is 6. The second kappa shape index (κ2) is 12.6. The van der Waals surface area contributed by atoms with Crippen LogP contribution in [0.5, 0.6) is 0 Å². The van der Waals surface area contributed by atoms with Crippen LogP contribution in [0.2, 0.25) is 0 Å². The molecule has 0 aromatic carbocycles. The molecule has 1 saturated heterocycles. The number of nitrogens with two attached hydrogens (primary N) is 3. The van der Waals surface area contributed by atoms with Crippen molar-refractivity contribution in [1.29, 1.82) is 0 Å². The summed E-state index contributed by atoms with van der Waals surface area (Å²) in [4.78, 5) is 72.4. The fourth-order valence-corrected chi connectivity index (χ4v) is 3.22. The molecule has 0 bridgehead atoms. The number of carbonyl (C=O) groups excluding carboxylic acids is 5. The zero-order valence-electron chi connectivity index (χ0n) is 17.5. The summed E-state index contributed by atoms with van der Waals surface area (Å²) in [6.45, 7) is -0.510. The van der Waals surface area contributed by atoms with Crippen molar-refractivity contribution in [2.24, 2.45) is 17.2 Å². The first kappa shape index (κ1) is 26.8. The topological polar surface area (TPSA) is 248 Å². The second-order valence-corrected chi connectivity index (χ2v) is 7.45. The Labute approximate surface area is 183 Å². The smallest absolute Gasteiger partial charge is 0.326 e. The Kier molecular flexibility index (Phi) is 10.5. The first-order valence-electron chi connectivity index (χ1n) is 10.0. The number of hydrogen-bond acceptors (Lipinski definition) is 8. The summed E-state index contributed by atoms with van der Waals surface area (Å²) < 4.78 is 0. The number of likely N-dealkylation sites (tertiary alicyclic amines) is 1. The average molecular weight is 458 g/mol. The van der Waals surface area contributed by atoms with Gasteiger partial charge >= 0.3 is 5.97 Å². The van der Waals surface area contributed by atoms with Crippen LogP contribution in [0.3, 0.4) is 0 Å². The molecule has 0 aliphatic carbocycles. The molecule has 0 aromatic heterocycles. The number of nitrogens with zero attached hydrogens (tertiary/aromatic N) is 1. The van der Waals surface area contributed by atoms with Gasteiger partial charge in [-0.15, -0.1) is 0 Å². The van der Waals surface area contributed by atoms with Crippen molar-refractivity contribution in [3.05, 3.63) is 0 Å². The maximum atomic E-state index is 13.1. The van der Waals surface area contributed by atoms with Crippen molar-refractivity contribution in [3.8, 4) is 0 Å². The van der Waals surface area contributed by atoms with E-state index in [1.165, 1.54) is 4.90 Å². The van der Waals surface area contributed by atoms with Crippen molar-refractivity contribution >= 4 is 35.5 Å². The number of nitrogens with one attached hydrogen (secondary N) is 2. The molecule has 1 aliphatic rings. The van der Waals surface area contributed by atoms with Gasteiger partial charge in [0.05, 0.1) is 6.61 Å². The molecule has 1 fully saturated rings. The molecule has 4 atom stereocenters. The minimum Gasteiger partial charge on any atom is -0.480 e. The summed E-state index contributed by atoms with van der Waals surface area (Å²) in [5.74, 6) is -5.03. The maximum absolute atomic E-state index is 13.1. The Morgan fingerprint density at radius 3 is 2.03 bits per heavy atom. The number of primary amides is 2. The highest BCUT2D eigenvalue weighted by Gasteiger charge is 2.39. The summed E-state index contributed by atoms with van der Waals surface area (Å²) in [5.41, 5.74) is 15.6. The predicted octanol–water partition coefficient (Wildman–Crippen LogP) is -4.12. The van der Waals surface area contributed by atoms with E-state index in [2.05, 4.69) is 10.6 Å². The fourth-order valence-electron chi connectivity index (χ4n) is 3.22. The van der Waals surface area contributed by atoms with Crippen LogP contribution in [0.4, 0.5) is 0 Å². The van der Waals surface area contributed by atoms with Crippen LogP contribution >= 0.6 is 0 Å². The van der Waals surface area contributed by atoms with Gasteiger partial charge < -0.3 is 42.9 Å². The van der Waals surface area contributed by atoms with Gasteiger partial charge in [0, 0.05) is 19.4 Å². The minimum atomic E-state index is -1.37. The number of rotatable bonds is 13. The normalized spacial score (nSPS) is 18.3. The van der Waals surface area contributed by atoms with Crippen LogP contribution in [0, 0.1) is 0 Å². The standard InChI is InChI=1S/C18H30N6O8/c19-9(8-25)15(28)22-10(3-5-13(20)26)17(30)24-7-1-2-12(24)16(29)23-11(18(31)32)4-6-14(21)27/h9-12,25H,1-8,19H2,(H2,20,26)(H2,21,27)(H,22,28)(H,23,29)(H,31,32)/t9-,10-,11-,12-/m0/s1. The average Bonchev–Trinajstić information content (AvgIpc) is 3.22. The summed E-state index contributed by atoms with van der Waals surface area (Å²) in [7, 11) is 0. The minimum absolute atomic E-state index is 0.154. The molecular weight excluding hydrogens is 428 g/mol.